The Morgan fingerprint density at radius 1 is 0.970 bits per heavy atom. The molecule has 6 heteroatoms. The van der Waals surface area contributed by atoms with E-state index in [0.717, 1.165) is 61.1 Å². The Morgan fingerprint density at radius 2 is 1.82 bits per heavy atom. The molecule has 0 N–H and O–H groups in total. The van der Waals surface area contributed by atoms with Crippen LogP contribution >= 0.6 is 0 Å². The van der Waals surface area contributed by atoms with Crippen LogP contribution < -0.4 is 4.90 Å². The lowest BCUT2D eigenvalue weighted by atomic mass is 9.94. The van der Waals surface area contributed by atoms with E-state index < -0.39 is 0 Å². The van der Waals surface area contributed by atoms with Crippen LogP contribution in [0.5, 0.6) is 0 Å². The molecular formula is C27H31N5O. The maximum absolute atomic E-state index is 12.8. The van der Waals surface area contributed by atoms with Gasteiger partial charge in [-0.25, -0.2) is 9.97 Å². The summed E-state index contributed by atoms with van der Waals surface area (Å²) in [6.07, 6.45) is 5.07. The van der Waals surface area contributed by atoms with Gasteiger partial charge in [-0.2, -0.15) is 0 Å². The number of nitrogens with zero attached hydrogens (tertiary/aromatic N) is 5. The van der Waals surface area contributed by atoms with E-state index in [2.05, 4.69) is 48.0 Å². The highest BCUT2D eigenvalue weighted by Crippen LogP contribution is 2.33. The van der Waals surface area contributed by atoms with Crippen molar-refractivity contribution in [2.75, 3.05) is 18.0 Å². The first-order valence-electron chi connectivity index (χ1n) is 11.9. The molecule has 2 aliphatic rings. The summed E-state index contributed by atoms with van der Waals surface area (Å²) in [6.45, 7) is 7.73. The molecule has 0 saturated carbocycles. The molecule has 1 amide bonds. The molecule has 0 spiro atoms. The predicted molar refractivity (Wildman–Crippen MR) is 129 cm³/mol. The van der Waals surface area contributed by atoms with Gasteiger partial charge in [-0.15, -0.1) is 0 Å². The normalized spacial score (nSPS) is 17.3. The average Bonchev–Trinajstić information content (AvgIpc) is 2.82. The third-order valence-electron chi connectivity index (χ3n) is 6.84. The number of fused-ring (bicyclic) bond motifs is 1. The van der Waals surface area contributed by atoms with Crippen molar-refractivity contribution in [1.29, 1.82) is 0 Å². The number of hydrogen-bond donors (Lipinski definition) is 0. The molecular weight excluding hydrogens is 410 g/mol. The second-order valence-corrected chi connectivity index (χ2v) is 9.31. The van der Waals surface area contributed by atoms with Gasteiger partial charge in [0.2, 0.25) is 5.91 Å². The van der Waals surface area contributed by atoms with E-state index >= 15 is 0 Å². The van der Waals surface area contributed by atoms with Crippen LogP contribution in [-0.2, 0) is 24.3 Å². The number of anilines is 1. The number of carbonyl (C=O) groups excluding carboxylic acids is 1. The van der Waals surface area contributed by atoms with Crippen molar-refractivity contribution in [1.82, 2.24) is 19.9 Å². The zero-order chi connectivity index (χ0) is 22.8. The Kier molecular flexibility index (Phi) is 6.18. The molecule has 6 nitrogen and oxygen atoms in total. The van der Waals surface area contributed by atoms with Gasteiger partial charge in [0.25, 0.3) is 0 Å². The highest BCUT2D eigenvalue weighted by Gasteiger charge is 2.31. The van der Waals surface area contributed by atoms with Crippen molar-refractivity contribution in [2.24, 2.45) is 0 Å². The van der Waals surface area contributed by atoms with E-state index in [4.69, 9.17) is 9.97 Å². The van der Waals surface area contributed by atoms with Gasteiger partial charge in [0, 0.05) is 36.3 Å². The van der Waals surface area contributed by atoms with Crippen LogP contribution in [0, 0.1) is 13.8 Å². The van der Waals surface area contributed by atoms with Crippen molar-refractivity contribution in [3.8, 4) is 0 Å². The topological polar surface area (TPSA) is 62.2 Å². The maximum Gasteiger partial charge on any atom is 0.228 e. The molecule has 0 unspecified atom stereocenters. The third-order valence-corrected chi connectivity index (χ3v) is 6.84. The van der Waals surface area contributed by atoms with E-state index in [1.165, 1.54) is 11.1 Å². The number of hydrogen-bond acceptors (Lipinski definition) is 5. The van der Waals surface area contributed by atoms with Crippen LogP contribution in [0.3, 0.4) is 0 Å². The van der Waals surface area contributed by atoms with Gasteiger partial charge < -0.3 is 0 Å². The molecule has 1 saturated heterocycles. The van der Waals surface area contributed by atoms with Crippen molar-refractivity contribution >= 4 is 11.7 Å². The molecule has 1 fully saturated rings. The Morgan fingerprint density at radius 3 is 2.58 bits per heavy atom. The van der Waals surface area contributed by atoms with Gasteiger partial charge in [0.15, 0.2) is 0 Å². The first kappa shape index (κ1) is 21.7. The highest BCUT2D eigenvalue weighted by molar-refractivity contribution is 5.95. The van der Waals surface area contributed by atoms with Crippen LogP contribution in [0.25, 0.3) is 0 Å². The van der Waals surface area contributed by atoms with Crippen molar-refractivity contribution in [3.63, 3.8) is 0 Å². The summed E-state index contributed by atoms with van der Waals surface area (Å²) in [5, 5.41) is 0. The van der Waals surface area contributed by atoms with E-state index in [-0.39, 0.29) is 5.91 Å². The standard InChI is InChI=1S/C27H31N5O/c1-19-6-5-7-21(16-19)17-31-14-11-22(12-15-31)26-29-20(2)24-9-10-25(33)32(27(24)30-26)18-23-8-3-4-13-28-23/h3-8,13,16,22H,9-12,14-15,17-18H2,1-2H3. The van der Waals surface area contributed by atoms with Gasteiger partial charge in [-0.05, 0) is 63.9 Å². The van der Waals surface area contributed by atoms with Crippen LogP contribution in [0.1, 0.15) is 59.1 Å². The molecule has 2 aromatic heterocycles. The summed E-state index contributed by atoms with van der Waals surface area (Å²) in [7, 11) is 0. The van der Waals surface area contributed by atoms with Gasteiger partial charge >= 0.3 is 0 Å². The van der Waals surface area contributed by atoms with Crippen LogP contribution in [-0.4, -0.2) is 38.8 Å². The molecule has 5 rings (SSSR count). The summed E-state index contributed by atoms with van der Waals surface area (Å²) in [4.78, 5) is 31.5. The lowest BCUT2D eigenvalue weighted by molar-refractivity contribution is -0.119. The minimum atomic E-state index is 0.116. The molecule has 2 aliphatic heterocycles. The second kappa shape index (κ2) is 9.40. The summed E-state index contributed by atoms with van der Waals surface area (Å²) >= 11 is 0. The molecule has 33 heavy (non-hydrogen) atoms. The molecule has 0 radical (unpaired) electrons. The fourth-order valence-electron chi connectivity index (χ4n) is 5.02. The Bertz CT molecular complexity index is 1140. The zero-order valence-corrected chi connectivity index (χ0v) is 19.5. The molecule has 1 aromatic carbocycles. The predicted octanol–water partition coefficient (Wildman–Crippen LogP) is 4.35. The minimum Gasteiger partial charge on any atom is -0.299 e. The number of carbonyl (C=O) groups is 1. The Labute approximate surface area is 195 Å². The Hall–Kier alpha value is -3.12. The summed E-state index contributed by atoms with van der Waals surface area (Å²) in [5.74, 6) is 2.13. The first-order valence-corrected chi connectivity index (χ1v) is 11.9. The third kappa shape index (κ3) is 4.81. The molecule has 0 aliphatic carbocycles. The van der Waals surface area contributed by atoms with Crippen molar-refractivity contribution in [3.05, 3.63) is 82.6 Å². The molecule has 0 bridgehead atoms. The molecule has 4 heterocycles. The number of aromatic nitrogens is 3. The summed E-state index contributed by atoms with van der Waals surface area (Å²) < 4.78 is 0. The number of aryl methyl sites for hydroxylation is 2. The second-order valence-electron chi connectivity index (χ2n) is 9.31. The summed E-state index contributed by atoms with van der Waals surface area (Å²) in [5.41, 5.74) is 5.67. The van der Waals surface area contributed by atoms with Gasteiger partial charge in [0.1, 0.15) is 11.6 Å². The van der Waals surface area contributed by atoms with Crippen molar-refractivity contribution < 1.29 is 4.79 Å². The van der Waals surface area contributed by atoms with Gasteiger partial charge in [-0.3, -0.25) is 19.6 Å². The molecule has 0 atom stereocenters. The average molecular weight is 442 g/mol. The van der Waals surface area contributed by atoms with Crippen LogP contribution in [0.15, 0.2) is 48.7 Å². The number of pyridine rings is 1. The zero-order valence-electron chi connectivity index (χ0n) is 19.5. The van der Waals surface area contributed by atoms with Crippen LogP contribution in [0.2, 0.25) is 0 Å². The minimum absolute atomic E-state index is 0.116. The van der Waals surface area contributed by atoms with E-state index in [9.17, 15) is 4.79 Å². The number of piperidine rings is 1. The number of amides is 1. The van der Waals surface area contributed by atoms with E-state index in [0.29, 0.717) is 25.3 Å². The number of rotatable bonds is 5. The van der Waals surface area contributed by atoms with E-state index in [1.807, 2.05) is 23.1 Å². The molecule has 3 aromatic rings. The maximum atomic E-state index is 12.8. The summed E-state index contributed by atoms with van der Waals surface area (Å²) in [6, 6.07) is 14.6. The smallest absolute Gasteiger partial charge is 0.228 e. The van der Waals surface area contributed by atoms with Gasteiger partial charge in [0.05, 0.1) is 12.2 Å². The fourth-order valence-corrected chi connectivity index (χ4v) is 5.02. The van der Waals surface area contributed by atoms with Gasteiger partial charge in [-0.1, -0.05) is 35.9 Å². The quantitative estimate of drug-likeness (QED) is 0.589. The SMILES string of the molecule is Cc1cccc(CN2CCC(c3nc(C)c4c(n3)N(Cc3ccccn3)C(=O)CC4)CC2)c1. The van der Waals surface area contributed by atoms with E-state index in [1.54, 1.807) is 6.20 Å². The number of benzene rings is 1. The highest BCUT2D eigenvalue weighted by atomic mass is 16.2. The first-order chi connectivity index (χ1) is 16.1. The number of likely N-dealkylation sites (tertiary alicyclic amines) is 1. The lowest BCUT2D eigenvalue weighted by Gasteiger charge is -2.33. The van der Waals surface area contributed by atoms with Crippen LogP contribution in [0.4, 0.5) is 5.82 Å². The monoisotopic (exact) mass is 441 g/mol. The lowest BCUT2D eigenvalue weighted by Crippen LogP contribution is -2.37. The van der Waals surface area contributed by atoms with Crippen molar-refractivity contribution in [2.45, 2.75) is 58.5 Å². The fraction of sp³-hybridized carbons (Fsp3) is 0.407. The molecule has 170 valence electrons. The largest absolute Gasteiger partial charge is 0.299 e. The Balaban J connectivity index is 1.33.